The van der Waals surface area contributed by atoms with E-state index in [0.717, 1.165) is 64.5 Å². The van der Waals surface area contributed by atoms with Crippen LogP contribution in [-0.4, -0.2) is 82.5 Å². The van der Waals surface area contributed by atoms with Gasteiger partial charge in [-0.2, -0.15) is 0 Å². The molecule has 1 unspecified atom stereocenters. The van der Waals surface area contributed by atoms with E-state index in [0.29, 0.717) is 6.04 Å². The number of rotatable bonds is 9. The molecular weight excluding hydrogens is 352 g/mol. The third kappa shape index (κ3) is 6.47. The molecule has 0 amide bonds. The minimum atomic E-state index is 0.306. The minimum absolute atomic E-state index is 0.306. The normalized spacial score (nSPS) is 19.5. The lowest BCUT2D eigenvalue weighted by molar-refractivity contribution is 0.0169. The molecule has 6 heteroatoms. The van der Waals surface area contributed by atoms with Gasteiger partial charge in [-0.15, -0.1) is 0 Å². The van der Waals surface area contributed by atoms with Crippen molar-refractivity contribution >= 4 is 5.96 Å². The van der Waals surface area contributed by atoms with Crippen LogP contribution < -0.4 is 5.32 Å². The smallest absolute Gasteiger partial charge is 0.193 e. The Labute approximate surface area is 169 Å². The molecule has 0 radical (unpaired) electrons. The maximum atomic E-state index is 5.78. The van der Waals surface area contributed by atoms with Gasteiger partial charge < -0.3 is 19.7 Å². The average molecular weight is 389 g/mol. The molecule has 156 valence electrons. The molecule has 1 saturated heterocycles. The van der Waals surface area contributed by atoms with Crippen LogP contribution in [0.3, 0.4) is 0 Å². The third-order valence-corrected chi connectivity index (χ3v) is 5.60. The molecule has 6 nitrogen and oxygen atoms in total. The lowest BCUT2D eigenvalue weighted by Crippen LogP contribution is -2.47. The Kier molecular flexibility index (Phi) is 8.13. The number of aliphatic imine (C=N–C) groups is 1. The van der Waals surface area contributed by atoms with Crippen LogP contribution in [0.5, 0.6) is 0 Å². The molecule has 1 N–H and O–H groups in total. The van der Waals surface area contributed by atoms with Gasteiger partial charge in [0.05, 0.1) is 25.9 Å². The van der Waals surface area contributed by atoms with E-state index in [1.54, 1.807) is 0 Å². The molecule has 1 saturated carbocycles. The summed E-state index contributed by atoms with van der Waals surface area (Å²) in [5.41, 5.74) is 2.63. The summed E-state index contributed by atoms with van der Waals surface area (Å²) in [6.07, 6.45) is 2.67. The number of nitrogens with zero attached hydrogens (tertiary/aromatic N) is 3. The van der Waals surface area contributed by atoms with Crippen LogP contribution >= 0.6 is 0 Å². The first kappa shape index (κ1) is 21.1. The van der Waals surface area contributed by atoms with Gasteiger partial charge in [-0.1, -0.05) is 29.8 Å². The van der Waals surface area contributed by atoms with Gasteiger partial charge in [0, 0.05) is 46.9 Å². The molecule has 2 fully saturated rings. The van der Waals surface area contributed by atoms with Crippen molar-refractivity contribution in [2.24, 2.45) is 10.9 Å². The number of hydrogen-bond donors (Lipinski definition) is 1. The summed E-state index contributed by atoms with van der Waals surface area (Å²) in [5, 5.41) is 3.58. The fraction of sp³-hybridized carbons (Fsp3) is 0.682. The zero-order chi connectivity index (χ0) is 19.8. The molecule has 1 aromatic rings. The highest BCUT2D eigenvalue weighted by atomic mass is 16.5. The first-order chi connectivity index (χ1) is 13.7. The van der Waals surface area contributed by atoms with Gasteiger partial charge in [-0.3, -0.25) is 9.89 Å². The van der Waals surface area contributed by atoms with Gasteiger partial charge in [0.2, 0.25) is 0 Å². The van der Waals surface area contributed by atoms with Crippen LogP contribution in [0.15, 0.2) is 29.3 Å². The first-order valence-corrected chi connectivity index (χ1v) is 10.5. The van der Waals surface area contributed by atoms with Crippen molar-refractivity contribution in [2.45, 2.75) is 25.8 Å². The monoisotopic (exact) mass is 388 g/mol. The van der Waals surface area contributed by atoms with E-state index in [2.05, 4.69) is 58.3 Å². The Morgan fingerprint density at radius 1 is 1.29 bits per heavy atom. The summed E-state index contributed by atoms with van der Waals surface area (Å²) in [6.45, 7) is 8.99. The van der Waals surface area contributed by atoms with E-state index in [9.17, 15) is 0 Å². The van der Waals surface area contributed by atoms with Crippen molar-refractivity contribution in [3.63, 3.8) is 0 Å². The number of likely N-dealkylation sites (N-methyl/N-ethyl adjacent to an activating group) is 1. The molecule has 2 aliphatic rings. The Balaban J connectivity index is 1.54. The Hall–Kier alpha value is -1.63. The maximum Gasteiger partial charge on any atom is 0.193 e. The van der Waals surface area contributed by atoms with Crippen LogP contribution in [0, 0.1) is 12.8 Å². The predicted molar refractivity (Wildman–Crippen MR) is 114 cm³/mol. The van der Waals surface area contributed by atoms with Crippen molar-refractivity contribution < 1.29 is 9.47 Å². The maximum absolute atomic E-state index is 5.78. The Morgan fingerprint density at radius 3 is 2.64 bits per heavy atom. The highest BCUT2D eigenvalue weighted by Gasteiger charge is 2.23. The summed E-state index contributed by atoms with van der Waals surface area (Å²) in [4.78, 5) is 9.13. The standard InChI is InChI=1S/C22H36N4O2/c1-18-4-8-20(9-5-18)21(26-11-14-27-15-12-26)16-24-22(23-2)25(3)10-13-28-17-19-6-7-19/h4-5,8-9,19,21H,6-7,10-17H2,1-3H3,(H,23,24). The zero-order valence-electron chi connectivity index (χ0n) is 17.7. The van der Waals surface area contributed by atoms with Crippen molar-refractivity contribution in [2.75, 3.05) is 66.7 Å². The van der Waals surface area contributed by atoms with E-state index in [-0.39, 0.29) is 0 Å². The summed E-state index contributed by atoms with van der Waals surface area (Å²) in [6, 6.07) is 9.19. The molecule has 28 heavy (non-hydrogen) atoms. The van der Waals surface area contributed by atoms with Crippen molar-refractivity contribution in [3.8, 4) is 0 Å². The molecule has 1 aromatic carbocycles. The number of benzene rings is 1. The van der Waals surface area contributed by atoms with Gasteiger partial charge >= 0.3 is 0 Å². The van der Waals surface area contributed by atoms with Crippen LogP contribution in [0.25, 0.3) is 0 Å². The van der Waals surface area contributed by atoms with E-state index < -0.39 is 0 Å². The summed E-state index contributed by atoms with van der Waals surface area (Å²) in [5.74, 6) is 1.73. The SMILES string of the molecule is CN=C(NCC(c1ccc(C)cc1)N1CCOCC1)N(C)CCOCC1CC1. The molecule has 1 aliphatic heterocycles. The highest BCUT2D eigenvalue weighted by molar-refractivity contribution is 5.79. The van der Waals surface area contributed by atoms with E-state index in [4.69, 9.17) is 9.47 Å². The summed E-state index contributed by atoms with van der Waals surface area (Å²) >= 11 is 0. The number of morpholine rings is 1. The van der Waals surface area contributed by atoms with Crippen molar-refractivity contribution in [1.29, 1.82) is 0 Å². The average Bonchev–Trinajstić information content (AvgIpc) is 3.55. The molecule has 0 aromatic heterocycles. The van der Waals surface area contributed by atoms with Crippen LogP contribution in [0.4, 0.5) is 0 Å². The van der Waals surface area contributed by atoms with E-state index in [1.807, 2.05) is 7.05 Å². The summed E-state index contributed by atoms with van der Waals surface area (Å²) in [7, 11) is 3.92. The number of ether oxygens (including phenoxy) is 2. The van der Waals surface area contributed by atoms with E-state index >= 15 is 0 Å². The molecule has 1 heterocycles. The molecule has 3 rings (SSSR count). The third-order valence-electron chi connectivity index (χ3n) is 5.60. The number of nitrogens with one attached hydrogen (secondary N) is 1. The number of hydrogen-bond acceptors (Lipinski definition) is 4. The number of guanidine groups is 1. The highest BCUT2D eigenvalue weighted by Crippen LogP contribution is 2.28. The lowest BCUT2D eigenvalue weighted by atomic mass is 10.0. The lowest BCUT2D eigenvalue weighted by Gasteiger charge is -2.35. The van der Waals surface area contributed by atoms with Gasteiger partial charge in [-0.25, -0.2) is 0 Å². The van der Waals surface area contributed by atoms with Crippen LogP contribution in [0.1, 0.15) is 30.0 Å². The first-order valence-electron chi connectivity index (χ1n) is 10.5. The fourth-order valence-corrected chi connectivity index (χ4v) is 3.55. The molecule has 1 aliphatic carbocycles. The van der Waals surface area contributed by atoms with Crippen LogP contribution in [0.2, 0.25) is 0 Å². The topological polar surface area (TPSA) is 49.3 Å². The van der Waals surface area contributed by atoms with Crippen molar-refractivity contribution in [3.05, 3.63) is 35.4 Å². The van der Waals surface area contributed by atoms with Gasteiger partial charge in [0.25, 0.3) is 0 Å². The molecule has 0 spiro atoms. The quantitative estimate of drug-likeness (QED) is 0.400. The van der Waals surface area contributed by atoms with Gasteiger partial charge in [0.1, 0.15) is 0 Å². The Morgan fingerprint density at radius 2 is 2.00 bits per heavy atom. The van der Waals surface area contributed by atoms with Crippen LogP contribution in [-0.2, 0) is 9.47 Å². The second-order valence-electron chi connectivity index (χ2n) is 7.94. The minimum Gasteiger partial charge on any atom is -0.379 e. The Bertz CT molecular complexity index is 609. The van der Waals surface area contributed by atoms with Gasteiger partial charge in [-0.05, 0) is 31.2 Å². The second kappa shape index (κ2) is 10.8. The number of aryl methyl sites for hydroxylation is 1. The largest absolute Gasteiger partial charge is 0.379 e. The molecule has 0 bridgehead atoms. The summed E-state index contributed by atoms with van der Waals surface area (Å²) < 4.78 is 11.3. The van der Waals surface area contributed by atoms with Crippen molar-refractivity contribution in [1.82, 2.24) is 15.1 Å². The zero-order valence-corrected chi connectivity index (χ0v) is 17.7. The van der Waals surface area contributed by atoms with Gasteiger partial charge in [0.15, 0.2) is 5.96 Å². The fourth-order valence-electron chi connectivity index (χ4n) is 3.55. The van der Waals surface area contributed by atoms with E-state index in [1.165, 1.54) is 24.0 Å². The molecular formula is C22H36N4O2. The predicted octanol–water partition coefficient (Wildman–Crippen LogP) is 2.30. The second-order valence-corrected chi connectivity index (χ2v) is 7.94. The molecule has 1 atom stereocenters.